The quantitative estimate of drug-likeness (QED) is 0.862. The molecule has 26 heavy (non-hydrogen) atoms. The van der Waals surface area contributed by atoms with Gasteiger partial charge in [-0.2, -0.15) is 0 Å². The van der Waals surface area contributed by atoms with Crippen LogP contribution in [0.4, 0.5) is 5.82 Å². The molecule has 2 aromatic rings. The Kier molecular flexibility index (Phi) is 5.19. The van der Waals surface area contributed by atoms with Gasteiger partial charge in [0.25, 0.3) is 0 Å². The van der Waals surface area contributed by atoms with Crippen molar-refractivity contribution in [1.29, 1.82) is 0 Å². The number of hydrogen-bond acceptors (Lipinski definition) is 7. The van der Waals surface area contributed by atoms with Gasteiger partial charge in [0.2, 0.25) is 0 Å². The van der Waals surface area contributed by atoms with Gasteiger partial charge in [-0.15, -0.1) is 0 Å². The fourth-order valence-corrected chi connectivity index (χ4v) is 3.73. The van der Waals surface area contributed by atoms with Crippen molar-refractivity contribution in [2.75, 3.05) is 44.3 Å². The predicted octanol–water partition coefficient (Wildman–Crippen LogP) is 1.25. The van der Waals surface area contributed by atoms with Crippen molar-refractivity contribution >= 4 is 5.82 Å². The fraction of sp³-hybridized carbons (Fsp3) is 0.579. The number of nitrogens with zero attached hydrogens (tertiary/aromatic N) is 4. The maximum atomic E-state index is 10.4. The number of morpholine rings is 1. The fourth-order valence-electron chi connectivity index (χ4n) is 3.73. The van der Waals surface area contributed by atoms with Crippen LogP contribution < -0.4 is 4.90 Å². The zero-order valence-electron chi connectivity index (χ0n) is 15.2. The first-order chi connectivity index (χ1) is 12.7. The van der Waals surface area contributed by atoms with E-state index in [4.69, 9.17) is 9.26 Å². The molecule has 0 amide bonds. The largest absolute Gasteiger partial charge is 0.391 e. The molecule has 0 spiro atoms. The van der Waals surface area contributed by atoms with Gasteiger partial charge in [-0.3, -0.25) is 4.90 Å². The SMILES string of the molecule is Cc1cc(C[C@@H]2CN(c3ccc(CN4CCOCC4)cn3)C[C@@H]2O)on1. The minimum absolute atomic E-state index is 0.136. The lowest BCUT2D eigenvalue weighted by Gasteiger charge is -2.26. The number of aliphatic hydroxyl groups excluding tert-OH is 1. The Morgan fingerprint density at radius 1 is 1.23 bits per heavy atom. The molecule has 2 fully saturated rings. The van der Waals surface area contributed by atoms with Crippen LogP contribution in [-0.2, 0) is 17.7 Å². The second-order valence-corrected chi connectivity index (χ2v) is 7.28. The number of hydrogen-bond donors (Lipinski definition) is 1. The van der Waals surface area contributed by atoms with Crippen molar-refractivity contribution in [1.82, 2.24) is 15.0 Å². The molecule has 7 heteroatoms. The third kappa shape index (κ3) is 4.06. The smallest absolute Gasteiger partial charge is 0.137 e. The van der Waals surface area contributed by atoms with Crippen LogP contribution >= 0.6 is 0 Å². The van der Waals surface area contributed by atoms with E-state index in [0.29, 0.717) is 13.0 Å². The third-order valence-corrected chi connectivity index (χ3v) is 5.19. The van der Waals surface area contributed by atoms with E-state index in [1.165, 1.54) is 5.56 Å². The molecule has 4 rings (SSSR count). The van der Waals surface area contributed by atoms with E-state index in [-0.39, 0.29) is 12.0 Å². The summed E-state index contributed by atoms with van der Waals surface area (Å²) in [5.41, 5.74) is 2.09. The number of aromatic nitrogens is 2. The van der Waals surface area contributed by atoms with Gasteiger partial charge in [-0.05, 0) is 18.6 Å². The highest BCUT2D eigenvalue weighted by Gasteiger charge is 2.33. The molecule has 2 saturated heterocycles. The second-order valence-electron chi connectivity index (χ2n) is 7.28. The summed E-state index contributed by atoms with van der Waals surface area (Å²) in [4.78, 5) is 9.16. The van der Waals surface area contributed by atoms with E-state index in [0.717, 1.165) is 56.7 Å². The van der Waals surface area contributed by atoms with Crippen molar-refractivity contribution in [3.63, 3.8) is 0 Å². The van der Waals surface area contributed by atoms with Crippen molar-refractivity contribution < 1.29 is 14.4 Å². The highest BCUT2D eigenvalue weighted by atomic mass is 16.5. The van der Waals surface area contributed by atoms with E-state index >= 15 is 0 Å². The summed E-state index contributed by atoms with van der Waals surface area (Å²) < 4.78 is 10.7. The molecule has 2 aliphatic heterocycles. The second kappa shape index (κ2) is 7.73. The summed E-state index contributed by atoms with van der Waals surface area (Å²) >= 11 is 0. The Hall–Kier alpha value is -1.96. The number of anilines is 1. The van der Waals surface area contributed by atoms with Crippen LogP contribution in [0.3, 0.4) is 0 Å². The Balaban J connectivity index is 1.35. The van der Waals surface area contributed by atoms with Crippen LogP contribution in [0.5, 0.6) is 0 Å². The van der Waals surface area contributed by atoms with Crippen LogP contribution in [0.1, 0.15) is 17.0 Å². The number of aliphatic hydroxyl groups is 1. The van der Waals surface area contributed by atoms with Crippen molar-refractivity contribution in [2.24, 2.45) is 5.92 Å². The standard InChI is InChI=1S/C19H26N4O3/c1-14-8-17(26-21-14)9-16-12-23(13-18(16)24)19-3-2-15(10-20-19)11-22-4-6-25-7-5-22/h2-3,8,10,16,18,24H,4-7,9,11-13H2,1H3/t16-,18+/m1/s1. The number of pyridine rings is 1. The molecule has 0 radical (unpaired) electrons. The summed E-state index contributed by atoms with van der Waals surface area (Å²) in [6, 6.07) is 6.13. The van der Waals surface area contributed by atoms with Crippen LogP contribution in [0.15, 0.2) is 28.9 Å². The topological polar surface area (TPSA) is 74.9 Å². The molecule has 1 N–H and O–H groups in total. The van der Waals surface area contributed by atoms with E-state index in [1.54, 1.807) is 0 Å². The lowest BCUT2D eigenvalue weighted by atomic mass is 10.0. The highest BCUT2D eigenvalue weighted by Crippen LogP contribution is 2.26. The van der Waals surface area contributed by atoms with Crippen molar-refractivity contribution in [3.8, 4) is 0 Å². The van der Waals surface area contributed by atoms with Gasteiger partial charge in [-0.25, -0.2) is 4.98 Å². The van der Waals surface area contributed by atoms with Gasteiger partial charge in [0.05, 0.1) is 25.0 Å². The average molecular weight is 358 g/mol. The minimum Gasteiger partial charge on any atom is -0.391 e. The van der Waals surface area contributed by atoms with Gasteiger partial charge >= 0.3 is 0 Å². The van der Waals surface area contributed by atoms with E-state index in [9.17, 15) is 5.11 Å². The molecular weight excluding hydrogens is 332 g/mol. The summed E-state index contributed by atoms with van der Waals surface area (Å²) in [6.07, 6.45) is 2.27. The summed E-state index contributed by atoms with van der Waals surface area (Å²) in [5, 5.41) is 14.3. The Morgan fingerprint density at radius 3 is 2.77 bits per heavy atom. The average Bonchev–Trinajstić information content (AvgIpc) is 3.23. The minimum atomic E-state index is -0.379. The molecular formula is C19H26N4O3. The van der Waals surface area contributed by atoms with E-state index in [2.05, 4.69) is 32.1 Å². The van der Waals surface area contributed by atoms with Gasteiger partial charge in [0.15, 0.2) is 0 Å². The van der Waals surface area contributed by atoms with Gasteiger partial charge < -0.3 is 19.3 Å². The van der Waals surface area contributed by atoms with Crippen molar-refractivity contribution in [3.05, 3.63) is 41.4 Å². The lowest BCUT2D eigenvalue weighted by Crippen LogP contribution is -2.35. The summed E-state index contributed by atoms with van der Waals surface area (Å²) in [6.45, 7) is 7.77. The number of rotatable bonds is 5. The number of β-amino-alcohol motifs (C(OH)–C–C–N with tert-alkyl or cyclic N) is 1. The normalized spacial score (nSPS) is 24.3. The van der Waals surface area contributed by atoms with Gasteiger partial charge in [0.1, 0.15) is 11.6 Å². The molecule has 2 aromatic heterocycles. The Labute approximate surface area is 153 Å². The monoisotopic (exact) mass is 358 g/mol. The zero-order chi connectivity index (χ0) is 17.9. The molecule has 0 aliphatic carbocycles. The molecule has 7 nitrogen and oxygen atoms in total. The van der Waals surface area contributed by atoms with Crippen molar-refractivity contribution in [2.45, 2.75) is 26.0 Å². The van der Waals surface area contributed by atoms with Gasteiger partial charge in [-0.1, -0.05) is 11.2 Å². The van der Waals surface area contributed by atoms with E-state index in [1.807, 2.05) is 19.2 Å². The molecule has 0 unspecified atom stereocenters. The molecule has 2 atom stereocenters. The molecule has 4 heterocycles. The molecule has 0 aromatic carbocycles. The van der Waals surface area contributed by atoms with Crippen LogP contribution in [-0.4, -0.2) is 65.6 Å². The van der Waals surface area contributed by atoms with Crippen LogP contribution in [0.2, 0.25) is 0 Å². The van der Waals surface area contributed by atoms with Crippen LogP contribution in [0, 0.1) is 12.8 Å². The zero-order valence-corrected chi connectivity index (χ0v) is 15.2. The maximum absolute atomic E-state index is 10.4. The molecule has 0 saturated carbocycles. The summed E-state index contributed by atoms with van der Waals surface area (Å²) in [7, 11) is 0. The van der Waals surface area contributed by atoms with Crippen LogP contribution in [0.25, 0.3) is 0 Å². The lowest BCUT2D eigenvalue weighted by molar-refractivity contribution is 0.0341. The summed E-state index contributed by atoms with van der Waals surface area (Å²) in [5.74, 6) is 1.89. The van der Waals surface area contributed by atoms with Gasteiger partial charge in [0, 0.05) is 57.3 Å². The molecule has 2 aliphatic rings. The first-order valence-electron chi connectivity index (χ1n) is 9.27. The first-order valence-corrected chi connectivity index (χ1v) is 9.27. The number of aryl methyl sites for hydroxylation is 1. The maximum Gasteiger partial charge on any atom is 0.137 e. The third-order valence-electron chi connectivity index (χ3n) is 5.19. The molecule has 140 valence electrons. The first kappa shape index (κ1) is 17.5. The molecule has 0 bridgehead atoms. The number of ether oxygens (including phenoxy) is 1. The Morgan fingerprint density at radius 2 is 2.08 bits per heavy atom. The predicted molar refractivity (Wildman–Crippen MR) is 97.0 cm³/mol. The van der Waals surface area contributed by atoms with E-state index < -0.39 is 0 Å². The highest BCUT2D eigenvalue weighted by molar-refractivity contribution is 5.41. The Bertz CT molecular complexity index is 712.